The van der Waals surface area contributed by atoms with Crippen molar-refractivity contribution in [1.82, 2.24) is 4.57 Å². The zero-order chi connectivity index (χ0) is 14.0. The maximum absolute atomic E-state index is 12.4. The smallest absolute Gasteiger partial charge is 0.339 e. The van der Waals surface area contributed by atoms with Crippen LogP contribution in [0, 0.1) is 6.92 Å². The Balaban J connectivity index is 2.43. The SMILES string of the molecule is COC(=O)c1cc(C(=O)c2ccccc2C)n(C)c1. The van der Waals surface area contributed by atoms with Crippen LogP contribution < -0.4 is 0 Å². The van der Waals surface area contributed by atoms with E-state index in [4.69, 9.17) is 0 Å². The number of hydrogen-bond acceptors (Lipinski definition) is 3. The standard InChI is InChI=1S/C15H15NO3/c1-10-6-4-5-7-12(10)14(17)13-8-11(9-16(13)2)15(18)19-3/h4-9H,1-3H3. The summed E-state index contributed by atoms with van der Waals surface area (Å²) < 4.78 is 6.29. The first kappa shape index (κ1) is 13.1. The molecule has 0 N–H and O–H groups in total. The van der Waals surface area contributed by atoms with Gasteiger partial charge in [-0.2, -0.15) is 0 Å². The first-order chi connectivity index (χ1) is 9.04. The Morgan fingerprint density at radius 1 is 1.21 bits per heavy atom. The number of methoxy groups -OCH3 is 1. The van der Waals surface area contributed by atoms with Crippen LogP contribution in [0.5, 0.6) is 0 Å². The molecule has 0 atom stereocenters. The van der Waals surface area contributed by atoms with Gasteiger partial charge in [-0.15, -0.1) is 0 Å². The Morgan fingerprint density at radius 3 is 2.53 bits per heavy atom. The summed E-state index contributed by atoms with van der Waals surface area (Å²) in [4.78, 5) is 23.9. The van der Waals surface area contributed by atoms with E-state index in [-0.39, 0.29) is 5.78 Å². The van der Waals surface area contributed by atoms with Crippen molar-refractivity contribution in [3.8, 4) is 0 Å². The summed E-state index contributed by atoms with van der Waals surface area (Å²) >= 11 is 0. The third-order valence-corrected chi connectivity index (χ3v) is 3.05. The molecule has 0 aliphatic rings. The van der Waals surface area contributed by atoms with E-state index in [0.29, 0.717) is 16.8 Å². The van der Waals surface area contributed by atoms with Crippen LogP contribution in [0.15, 0.2) is 36.5 Å². The van der Waals surface area contributed by atoms with Crippen LogP contribution in [0.1, 0.15) is 32.0 Å². The van der Waals surface area contributed by atoms with E-state index in [0.717, 1.165) is 5.56 Å². The first-order valence-electron chi connectivity index (χ1n) is 5.89. The maximum Gasteiger partial charge on any atom is 0.339 e. The summed E-state index contributed by atoms with van der Waals surface area (Å²) in [5.41, 5.74) is 2.39. The molecule has 0 radical (unpaired) electrons. The van der Waals surface area contributed by atoms with E-state index >= 15 is 0 Å². The van der Waals surface area contributed by atoms with Gasteiger partial charge in [0.15, 0.2) is 0 Å². The molecule has 1 aromatic heterocycles. The van der Waals surface area contributed by atoms with Crippen molar-refractivity contribution in [2.75, 3.05) is 7.11 Å². The number of nitrogens with zero attached hydrogens (tertiary/aromatic N) is 1. The molecular formula is C15H15NO3. The lowest BCUT2D eigenvalue weighted by atomic mass is 10.0. The second-order valence-corrected chi connectivity index (χ2v) is 4.36. The Hall–Kier alpha value is -2.36. The summed E-state index contributed by atoms with van der Waals surface area (Å²) in [6.45, 7) is 1.89. The summed E-state index contributed by atoms with van der Waals surface area (Å²) in [5, 5.41) is 0. The zero-order valence-electron chi connectivity index (χ0n) is 11.1. The predicted octanol–water partition coefficient (Wildman–Crippen LogP) is 2.35. The van der Waals surface area contributed by atoms with Gasteiger partial charge in [-0.3, -0.25) is 4.79 Å². The lowest BCUT2D eigenvalue weighted by Gasteiger charge is -2.05. The van der Waals surface area contributed by atoms with Crippen LogP contribution in [0.25, 0.3) is 0 Å². The van der Waals surface area contributed by atoms with Gasteiger partial charge in [-0.05, 0) is 18.6 Å². The van der Waals surface area contributed by atoms with E-state index in [1.54, 1.807) is 29.9 Å². The minimum atomic E-state index is -0.445. The number of rotatable bonds is 3. The lowest BCUT2D eigenvalue weighted by molar-refractivity contribution is 0.0600. The molecule has 2 aromatic rings. The van der Waals surface area contributed by atoms with Gasteiger partial charge in [-0.25, -0.2) is 4.79 Å². The second-order valence-electron chi connectivity index (χ2n) is 4.36. The highest BCUT2D eigenvalue weighted by Crippen LogP contribution is 2.16. The third-order valence-electron chi connectivity index (χ3n) is 3.05. The van der Waals surface area contributed by atoms with Gasteiger partial charge >= 0.3 is 5.97 Å². The molecule has 1 heterocycles. The Labute approximate surface area is 111 Å². The van der Waals surface area contributed by atoms with Crippen molar-refractivity contribution >= 4 is 11.8 Å². The molecule has 4 heteroatoms. The van der Waals surface area contributed by atoms with Crippen LogP contribution >= 0.6 is 0 Å². The number of esters is 1. The van der Waals surface area contributed by atoms with Gasteiger partial charge in [0, 0.05) is 18.8 Å². The fourth-order valence-electron chi connectivity index (χ4n) is 1.99. The Morgan fingerprint density at radius 2 is 1.89 bits per heavy atom. The van der Waals surface area contributed by atoms with E-state index in [9.17, 15) is 9.59 Å². The van der Waals surface area contributed by atoms with E-state index < -0.39 is 5.97 Å². The number of aromatic nitrogens is 1. The normalized spacial score (nSPS) is 10.3. The molecule has 0 aliphatic heterocycles. The highest BCUT2D eigenvalue weighted by Gasteiger charge is 2.18. The number of ether oxygens (including phenoxy) is 1. The lowest BCUT2D eigenvalue weighted by Crippen LogP contribution is -2.08. The average molecular weight is 257 g/mol. The summed E-state index contributed by atoms with van der Waals surface area (Å²) in [5.74, 6) is -0.546. The Kier molecular flexibility index (Phi) is 3.51. The van der Waals surface area contributed by atoms with E-state index in [1.807, 2.05) is 25.1 Å². The van der Waals surface area contributed by atoms with Gasteiger partial charge in [-0.1, -0.05) is 24.3 Å². The fourth-order valence-corrected chi connectivity index (χ4v) is 1.99. The van der Waals surface area contributed by atoms with Crippen molar-refractivity contribution in [3.05, 3.63) is 58.9 Å². The summed E-state index contributed by atoms with van der Waals surface area (Å²) in [6.07, 6.45) is 1.59. The van der Waals surface area contributed by atoms with E-state index in [1.165, 1.54) is 7.11 Å². The molecule has 4 nitrogen and oxygen atoms in total. The summed E-state index contributed by atoms with van der Waals surface area (Å²) in [7, 11) is 3.05. The molecule has 0 bridgehead atoms. The van der Waals surface area contributed by atoms with Crippen LogP contribution in [0.3, 0.4) is 0 Å². The molecule has 1 aromatic carbocycles. The molecular weight excluding hydrogens is 242 g/mol. The van der Waals surface area contributed by atoms with Gasteiger partial charge in [0.25, 0.3) is 0 Å². The molecule has 0 fully saturated rings. The minimum Gasteiger partial charge on any atom is -0.465 e. The molecule has 0 saturated heterocycles. The first-order valence-corrected chi connectivity index (χ1v) is 5.89. The van der Waals surface area contributed by atoms with Crippen LogP contribution in [0.2, 0.25) is 0 Å². The molecule has 98 valence electrons. The van der Waals surface area contributed by atoms with Crippen molar-refractivity contribution < 1.29 is 14.3 Å². The monoisotopic (exact) mass is 257 g/mol. The van der Waals surface area contributed by atoms with E-state index in [2.05, 4.69) is 4.74 Å². The molecule has 19 heavy (non-hydrogen) atoms. The number of benzene rings is 1. The van der Waals surface area contributed by atoms with Gasteiger partial charge < -0.3 is 9.30 Å². The average Bonchev–Trinajstić information content (AvgIpc) is 2.80. The third kappa shape index (κ3) is 2.42. The van der Waals surface area contributed by atoms with Crippen molar-refractivity contribution in [2.24, 2.45) is 7.05 Å². The molecule has 0 spiro atoms. The van der Waals surface area contributed by atoms with Crippen molar-refractivity contribution in [2.45, 2.75) is 6.92 Å². The Bertz CT molecular complexity index is 641. The van der Waals surface area contributed by atoms with Crippen molar-refractivity contribution in [3.63, 3.8) is 0 Å². The van der Waals surface area contributed by atoms with Gasteiger partial charge in [0.1, 0.15) is 0 Å². The van der Waals surface area contributed by atoms with Gasteiger partial charge in [0.05, 0.1) is 18.4 Å². The number of carbonyl (C=O) groups is 2. The summed E-state index contributed by atoms with van der Waals surface area (Å²) in [6, 6.07) is 8.93. The predicted molar refractivity (Wildman–Crippen MR) is 71.4 cm³/mol. The molecule has 2 rings (SSSR count). The van der Waals surface area contributed by atoms with Crippen LogP contribution in [-0.2, 0) is 11.8 Å². The highest BCUT2D eigenvalue weighted by molar-refractivity contribution is 6.10. The van der Waals surface area contributed by atoms with Crippen LogP contribution in [0.4, 0.5) is 0 Å². The largest absolute Gasteiger partial charge is 0.465 e. The highest BCUT2D eigenvalue weighted by atomic mass is 16.5. The topological polar surface area (TPSA) is 48.3 Å². The number of carbonyl (C=O) groups excluding carboxylic acids is 2. The fraction of sp³-hybridized carbons (Fsp3) is 0.200. The molecule has 0 unspecified atom stereocenters. The van der Waals surface area contributed by atoms with Gasteiger partial charge in [0.2, 0.25) is 5.78 Å². The minimum absolute atomic E-state index is 0.101. The van der Waals surface area contributed by atoms with Crippen molar-refractivity contribution in [1.29, 1.82) is 0 Å². The molecule has 0 amide bonds. The van der Waals surface area contributed by atoms with Crippen LogP contribution in [-0.4, -0.2) is 23.4 Å². The zero-order valence-corrected chi connectivity index (χ0v) is 11.1. The number of ketones is 1. The maximum atomic E-state index is 12.4. The second kappa shape index (κ2) is 5.10. The quantitative estimate of drug-likeness (QED) is 0.626. The number of aryl methyl sites for hydroxylation is 2. The number of hydrogen-bond donors (Lipinski definition) is 0. The molecule has 0 aliphatic carbocycles. The molecule has 0 saturated carbocycles.